The predicted molar refractivity (Wildman–Crippen MR) is 82.9 cm³/mol. The van der Waals surface area contributed by atoms with E-state index in [0.717, 1.165) is 12.0 Å². The van der Waals surface area contributed by atoms with E-state index >= 15 is 0 Å². The Morgan fingerprint density at radius 1 is 1.26 bits per heavy atom. The maximum Gasteiger partial charge on any atom is 0.167 e. The number of rotatable bonds is 6. The predicted octanol–water partition coefficient (Wildman–Crippen LogP) is 2.65. The Kier molecular flexibility index (Phi) is 6.50. The minimum absolute atomic E-state index is 0.123. The minimum Gasteiger partial charge on any atom is -0.359 e. The number of nitrogens with one attached hydrogen (secondary N) is 2. The number of hydrogen-bond donors (Lipinski definition) is 2. The van der Waals surface area contributed by atoms with Gasteiger partial charge in [0.1, 0.15) is 0 Å². The number of carbonyl (C=O) groups is 1. The molecule has 19 heavy (non-hydrogen) atoms. The van der Waals surface area contributed by atoms with E-state index in [0.29, 0.717) is 17.6 Å². The Morgan fingerprint density at radius 3 is 2.42 bits per heavy atom. The van der Waals surface area contributed by atoms with Crippen molar-refractivity contribution in [2.75, 3.05) is 0 Å². The molecule has 0 aliphatic rings. The van der Waals surface area contributed by atoms with Crippen LogP contribution in [0.3, 0.4) is 0 Å². The highest BCUT2D eigenvalue weighted by Crippen LogP contribution is 2.05. The van der Waals surface area contributed by atoms with Crippen LogP contribution in [-0.2, 0) is 11.3 Å². The fraction of sp³-hybridized carbons (Fsp3) is 0.467. The van der Waals surface area contributed by atoms with Crippen molar-refractivity contribution in [3.05, 3.63) is 35.9 Å². The van der Waals surface area contributed by atoms with Crippen LogP contribution >= 0.6 is 12.2 Å². The van der Waals surface area contributed by atoms with Gasteiger partial charge in [0.2, 0.25) is 0 Å². The van der Waals surface area contributed by atoms with Crippen molar-refractivity contribution in [2.45, 2.75) is 39.8 Å². The van der Waals surface area contributed by atoms with Crippen LogP contribution in [0, 0.1) is 5.92 Å². The third kappa shape index (κ3) is 6.34. The van der Waals surface area contributed by atoms with Crippen molar-refractivity contribution in [2.24, 2.45) is 5.92 Å². The molecule has 1 unspecified atom stereocenters. The molecule has 0 heterocycles. The summed E-state index contributed by atoms with van der Waals surface area (Å²) in [5, 5.41) is 6.75. The first-order valence-corrected chi connectivity index (χ1v) is 6.98. The lowest BCUT2D eigenvalue weighted by atomic mass is 10.0. The summed E-state index contributed by atoms with van der Waals surface area (Å²) in [5.41, 5.74) is 1.16. The number of Topliss-reactive ketones (excluding diaryl/α,β-unsaturated/α-hetero) is 1. The van der Waals surface area contributed by atoms with Gasteiger partial charge in [0.05, 0.1) is 6.04 Å². The number of carbonyl (C=O) groups excluding carboxylic acids is 1. The largest absolute Gasteiger partial charge is 0.359 e. The highest BCUT2D eigenvalue weighted by Gasteiger charge is 2.16. The van der Waals surface area contributed by atoms with Crippen LogP contribution < -0.4 is 10.6 Å². The van der Waals surface area contributed by atoms with Gasteiger partial charge >= 0.3 is 0 Å². The Balaban J connectivity index is 2.42. The summed E-state index contributed by atoms with van der Waals surface area (Å²) in [6, 6.07) is 9.83. The molecule has 1 atom stereocenters. The second-order valence-electron chi connectivity index (χ2n) is 5.11. The van der Waals surface area contributed by atoms with E-state index in [-0.39, 0.29) is 11.8 Å². The molecule has 0 fully saturated rings. The lowest BCUT2D eigenvalue weighted by molar-refractivity contribution is -0.119. The molecule has 0 aliphatic heterocycles. The van der Waals surface area contributed by atoms with Crippen LogP contribution in [0.1, 0.15) is 32.8 Å². The molecule has 3 nitrogen and oxygen atoms in total. The van der Waals surface area contributed by atoms with Gasteiger partial charge in [-0.05, 0) is 37.0 Å². The van der Waals surface area contributed by atoms with Crippen molar-refractivity contribution in [3.8, 4) is 0 Å². The van der Waals surface area contributed by atoms with E-state index in [9.17, 15) is 4.79 Å². The van der Waals surface area contributed by atoms with Crippen LogP contribution in [0.25, 0.3) is 0 Å². The average Bonchev–Trinajstić information content (AvgIpc) is 2.36. The summed E-state index contributed by atoms with van der Waals surface area (Å²) < 4.78 is 0. The fourth-order valence-corrected chi connectivity index (χ4v) is 2.00. The third-order valence-electron chi connectivity index (χ3n) is 2.80. The summed E-state index contributed by atoms with van der Waals surface area (Å²) in [7, 11) is 0. The monoisotopic (exact) mass is 278 g/mol. The second kappa shape index (κ2) is 7.89. The molecule has 0 amide bonds. The molecule has 0 saturated heterocycles. The van der Waals surface area contributed by atoms with Gasteiger partial charge in [-0.2, -0.15) is 0 Å². The van der Waals surface area contributed by atoms with Crippen molar-refractivity contribution < 1.29 is 4.79 Å². The van der Waals surface area contributed by atoms with E-state index < -0.39 is 0 Å². The Morgan fingerprint density at radius 2 is 1.89 bits per heavy atom. The second-order valence-corrected chi connectivity index (χ2v) is 5.51. The van der Waals surface area contributed by atoms with Crippen LogP contribution in [0.15, 0.2) is 30.3 Å². The van der Waals surface area contributed by atoms with Crippen molar-refractivity contribution in [1.29, 1.82) is 0 Å². The first kappa shape index (κ1) is 15.6. The van der Waals surface area contributed by atoms with Gasteiger partial charge in [0.25, 0.3) is 0 Å². The smallest absolute Gasteiger partial charge is 0.167 e. The molecule has 0 spiro atoms. The van der Waals surface area contributed by atoms with Crippen LogP contribution in [0.4, 0.5) is 0 Å². The number of hydrogen-bond acceptors (Lipinski definition) is 2. The molecule has 0 saturated carbocycles. The quantitative estimate of drug-likeness (QED) is 0.785. The Hall–Kier alpha value is -1.42. The molecule has 0 bridgehead atoms. The van der Waals surface area contributed by atoms with E-state index in [4.69, 9.17) is 12.2 Å². The highest BCUT2D eigenvalue weighted by atomic mass is 32.1. The van der Waals surface area contributed by atoms with Gasteiger partial charge in [0.15, 0.2) is 10.9 Å². The zero-order valence-electron chi connectivity index (χ0n) is 11.8. The highest BCUT2D eigenvalue weighted by molar-refractivity contribution is 7.80. The summed E-state index contributed by atoms with van der Waals surface area (Å²) in [6.07, 6.45) is 0.794. The summed E-state index contributed by atoms with van der Waals surface area (Å²) >= 11 is 5.23. The fourth-order valence-electron chi connectivity index (χ4n) is 1.79. The molecule has 0 radical (unpaired) electrons. The van der Waals surface area contributed by atoms with Gasteiger partial charge in [-0.25, -0.2) is 0 Å². The molecule has 1 rings (SSSR count). The topological polar surface area (TPSA) is 41.1 Å². The van der Waals surface area contributed by atoms with Gasteiger partial charge in [-0.15, -0.1) is 0 Å². The lowest BCUT2D eigenvalue weighted by Crippen LogP contribution is -2.45. The molecule has 2 N–H and O–H groups in total. The lowest BCUT2D eigenvalue weighted by Gasteiger charge is -2.20. The van der Waals surface area contributed by atoms with Gasteiger partial charge in [0, 0.05) is 6.54 Å². The van der Waals surface area contributed by atoms with Gasteiger partial charge in [-0.1, -0.05) is 44.2 Å². The number of thiocarbonyl (C=S) groups is 1. The van der Waals surface area contributed by atoms with E-state index in [2.05, 4.69) is 24.5 Å². The SMILES string of the molecule is CC(=O)C(CC(C)C)NC(=S)NCc1ccccc1. The van der Waals surface area contributed by atoms with Gasteiger partial charge in [-0.3, -0.25) is 4.79 Å². The van der Waals surface area contributed by atoms with E-state index in [1.165, 1.54) is 0 Å². The maximum absolute atomic E-state index is 11.5. The standard InChI is InChI=1S/C15H22N2OS/c1-11(2)9-14(12(3)18)17-15(19)16-10-13-7-5-4-6-8-13/h4-8,11,14H,9-10H2,1-3H3,(H2,16,17,19). The van der Waals surface area contributed by atoms with Crippen molar-refractivity contribution in [1.82, 2.24) is 10.6 Å². The summed E-state index contributed by atoms with van der Waals surface area (Å²) in [5.74, 6) is 0.580. The summed E-state index contributed by atoms with van der Waals surface area (Å²) in [6.45, 7) is 6.45. The van der Waals surface area contributed by atoms with Crippen LogP contribution in [-0.4, -0.2) is 16.9 Å². The zero-order valence-corrected chi connectivity index (χ0v) is 12.6. The number of ketones is 1. The third-order valence-corrected chi connectivity index (χ3v) is 3.06. The molecule has 1 aromatic rings. The Labute approximate surface area is 120 Å². The molecular formula is C15H22N2OS. The molecule has 4 heteroatoms. The molecule has 104 valence electrons. The molecular weight excluding hydrogens is 256 g/mol. The molecule has 1 aromatic carbocycles. The van der Waals surface area contributed by atoms with Crippen molar-refractivity contribution in [3.63, 3.8) is 0 Å². The first-order chi connectivity index (χ1) is 8.99. The number of benzene rings is 1. The zero-order chi connectivity index (χ0) is 14.3. The van der Waals surface area contributed by atoms with Crippen molar-refractivity contribution >= 4 is 23.1 Å². The Bertz CT molecular complexity index is 417. The van der Waals surface area contributed by atoms with Crippen LogP contribution in [0.5, 0.6) is 0 Å². The molecule has 0 aromatic heterocycles. The van der Waals surface area contributed by atoms with E-state index in [1.54, 1.807) is 6.92 Å². The average molecular weight is 278 g/mol. The van der Waals surface area contributed by atoms with Gasteiger partial charge < -0.3 is 10.6 Å². The summed E-state index contributed by atoms with van der Waals surface area (Å²) in [4.78, 5) is 11.5. The maximum atomic E-state index is 11.5. The van der Waals surface area contributed by atoms with E-state index in [1.807, 2.05) is 30.3 Å². The normalized spacial score (nSPS) is 12.0. The molecule has 0 aliphatic carbocycles. The van der Waals surface area contributed by atoms with Crippen LogP contribution in [0.2, 0.25) is 0 Å². The first-order valence-electron chi connectivity index (χ1n) is 6.57. The minimum atomic E-state index is -0.198.